The molecule has 2 aromatic carbocycles. The first-order chi connectivity index (χ1) is 15.0. The van der Waals surface area contributed by atoms with Crippen LogP contribution >= 0.6 is 0 Å². The number of nitrogens with one attached hydrogen (secondary N) is 1. The predicted molar refractivity (Wildman–Crippen MR) is 124 cm³/mol. The number of aromatic amines is 1. The van der Waals surface area contributed by atoms with Crippen molar-refractivity contribution in [2.75, 3.05) is 13.7 Å². The molecule has 0 saturated heterocycles. The highest BCUT2D eigenvalue weighted by Gasteiger charge is 2.41. The summed E-state index contributed by atoms with van der Waals surface area (Å²) in [5.41, 5.74) is 5.83. The highest BCUT2D eigenvalue weighted by molar-refractivity contribution is 6.00. The van der Waals surface area contributed by atoms with E-state index in [1.807, 2.05) is 29.2 Å². The number of hydrogen-bond donors (Lipinski definition) is 1. The van der Waals surface area contributed by atoms with Crippen LogP contribution in [0.15, 0.2) is 48.5 Å². The minimum absolute atomic E-state index is 0.0382. The van der Waals surface area contributed by atoms with E-state index in [2.05, 4.69) is 55.2 Å². The first kappa shape index (κ1) is 21.2. The van der Waals surface area contributed by atoms with Gasteiger partial charge in [-0.1, -0.05) is 57.9 Å². The Hall–Kier alpha value is -3.08. The molecule has 0 radical (unpaired) electrons. The zero-order valence-electron chi connectivity index (χ0n) is 18.8. The molecular formula is C26H31N3O2. The van der Waals surface area contributed by atoms with Crippen LogP contribution in [0, 0.1) is 0 Å². The molecule has 5 nitrogen and oxygen atoms in total. The number of methoxy groups -OCH3 is 1. The number of ether oxygens (including phenoxy) is 1. The standard InChI is InChI=1S/C26H31N3O2/c1-5-6-7-16-29-25(20-10-8-18(9-11-20)17(2)3)22-23(27-28-24(22)26(29)30)19-12-14-21(31-4)15-13-19/h8-15,17,25H,5-7,16H2,1-4H3,(H,27,28). The van der Waals surface area contributed by atoms with Crippen molar-refractivity contribution in [3.8, 4) is 17.0 Å². The lowest BCUT2D eigenvalue weighted by atomic mass is 9.93. The van der Waals surface area contributed by atoms with Crippen molar-refractivity contribution in [3.63, 3.8) is 0 Å². The molecule has 2 heterocycles. The lowest BCUT2D eigenvalue weighted by molar-refractivity contribution is 0.0740. The average molecular weight is 418 g/mol. The molecule has 0 spiro atoms. The maximum atomic E-state index is 13.3. The first-order valence-electron chi connectivity index (χ1n) is 11.2. The van der Waals surface area contributed by atoms with Crippen LogP contribution in [0.2, 0.25) is 0 Å². The Morgan fingerprint density at radius 2 is 1.77 bits per heavy atom. The molecule has 0 bridgehead atoms. The number of carbonyl (C=O) groups is 1. The minimum atomic E-state index is -0.128. The van der Waals surface area contributed by atoms with E-state index in [1.165, 1.54) is 5.56 Å². The molecule has 1 aliphatic rings. The zero-order chi connectivity index (χ0) is 22.0. The fourth-order valence-corrected chi connectivity index (χ4v) is 4.34. The van der Waals surface area contributed by atoms with Gasteiger partial charge in [0.15, 0.2) is 0 Å². The molecule has 0 fully saturated rings. The second-order valence-corrected chi connectivity index (χ2v) is 8.52. The maximum Gasteiger partial charge on any atom is 0.273 e. The van der Waals surface area contributed by atoms with E-state index in [0.717, 1.165) is 53.9 Å². The molecule has 5 heteroatoms. The molecule has 4 rings (SSSR count). The van der Waals surface area contributed by atoms with E-state index < -0.39 is 0 Å². The van der Waals surface area contributed by atoms with Crippen LogP contribution in [-0.4, -0.2) is 34.7 Å². The van der Waals surface area contributed by atoms with Crippen molar-refractivity contribution in [3.05, 3.63) is 70.9 Å². The van der Waals surface area contributed by atoms with Gasteiger partial charge in [-0.15, -0.1) is 0 Å². The summed E-state index contributed by atoms with van der Waals surface area (Å²) < 4.78 is 5.30. The van der Waals surface area contributed by atoms with E-state index in [1.54, 1.807) is 7.11 Å². The predicted octanol–water partition coefficient (Wildman–Crippen LogP) is 5.94. The van der Waals surface area contributed by atoms with Crippen LogP contribution in [-0.2, 0) is 0 Å². The molecule has 1 atom stereocenters. The summed E-state index contributed by atoms with van der Waals surface area (Å²) in [5.74, 6) is 1.31. The van der Waals surface area contributed by atoms with Crippen LogP contribution in [0.25, 0.3) is 11.3 Å². The topological polar surface area (TPSA) is 58.2 Å². The molecule has 1 amide bonds. The smallest absolute Gasteiger partial charge is 0.273 e. The molecule has 31 heavy (non-hydrogen) atoms. The maximum absolute atomic E-state index is 13.3. The number of rotatable bonds is 8. The van der Waals surface area contributed by atoms with Crippen LogP contribution in [0.4, 0.5) is 0 Å². The van der Waals surface area contributed by atoms with Gasteiger partial charge in [-0.3, -0.25) is 9.89 Å². The molecule has 1 unspecified atom stereocenters. The highest BCUT2D eigenvalue weighted by atomic mass is 16.5. The fraction of sp³-hybridized carbons (Fsp3) is 0.385. The number of carbonyl (C=O) groups excluding carboxylic acids is 1. The van der Waals surface area contributed by atoms with Crippen molar-refractivity contribution < 1.29 is 9.53 Å². The molecule has 1 aliphatic heterocycles. The van der Waals surface area contributed by atoms with E-state index in [9.17, 15) is 4.79 Å². The van der Waals surface area contributed by atoms with Crippen molar-refractivity contribution in [1.29, 1.82) is 0 Å². The summed E-state index contributed by atoms with van der Waals surface area (Å²) in [7, 11) is 1.66. The van der Waals surface area contributed by atoms with Gasteiger partial charge in [0.25, 0.3) is 5.91 Å². The lowest BCUT2D eigenvalue weighted by Gasteiger charge is -2.26. The number of hydrogen-bond acceptors (Lipinski definition) is 3. The molecule has 1 aromatic heterocycles. The van der Waals surface area contributed by atoms with Gasteiger partial charge < -0.3 is 9.64 Å². The van der Waals surface area contributed by atoms with E-state index in [0.29, 0.717) is 11.6 Å². The van der Waals surface area contributed by atoms with Gasteiger partial charge >= 0.3 is 0 Å². The van der Waals surface area contributed by atoms with Gasteiger partial charge in [-0.25, -0.2) is 0 Å². The van der Waals surface area contributed by atoms with Crippen molar-refractivity contribution in [1.82, 2.24) is 15.1 Å². The Morgan fingerprint density at radius 3 is 2.39 bits per heavy atom. The number of unbranched alkanes of at least 4 members (excludes halogenated alkanes) is 2. The van der Waals surface area contributed by atoms with Crippen LogP contribution < -0.4 is 4.74 Å². The number of nitrogens with zero attached hydrogens (tertiary/aromatic N) is 2. The van der Waals surface area contributed by atoms with Crippen molar-refractivity contribution in [2.24, 2.45) is 0 Å². The minimum Gasteiger partial charge on any atom is -0.497 e. The summed E-state index contributed by atoms with van der Waals surface area (Å²) in [5, 5.41) is 7.59. The van der Waals surface area contributed by atoms with E-state index >= 15 is 0 Å². The van der Waals surface area contributed by atoms with Gasteiger partial charge in [0.05, 0.1) is 18.8 Å². The first-order valence-corrected chi connectivity index (χ1v) is 11.2. The van der Waals surface area contributed by atoms with E-state index in [4.69, 9.17) is 4.74 Å². The highest BCUT2D eigenvalue weighted by Crippen LogP contribution is 2.43. The third kappa shape index (κ3) is 3.97. The second-order valence-electron chi connectivity index (χ2n) is 8.52. The molecule has 1 N–H and O–H groups in total. The number of aromatic nitrogens is 2. The monoisotopic (exact) mass is 417 g/mol. The van der Waals surface area contributed by atoms with Crippen molar-refractivity contribution in [2.45, 2.75) is 52.0 Å². The summed E-state index contributed by atoms with van der Waals surface area (Å²) in [6.45, 7) is 7.32. The van der Waals surface area contributed by atoms with Crippen LogP contribution in [0.3, 0.4) is 0 Å². The van der Waals surface area contributed by atoms with Gasteiger partial charge in [0, 0.05) is 17.7 Å². The molecule has 162 valence electrons. The Morgan fingerprint density at radius 1 is 1.06 bits per heavy atom. The van der Waals surface area contributed by atoms with Gasteiger partial charge in [-0.05, 0) is 47.7 Å². The Labute approximate surface area is 184 Å². The Kier molecular flexibility index (Phi) is 6.12. The van der Waals surface area contributed by atoms with Crippen molar-refractivity contribution >= 4 is 5.91 Å². The lowest BCUT2D eigenvalue weighted by Crippen LogP contribution is -2.30. The third-order valence-electron chi connectivity index (χ3n) is 6.15. The summed E-state index contributed by atoms with van der Waals surface area (Å²) >= 11 is 0. The zero-order valence-corrected chi connectivity index (χ0v) is 18.8. The molecule has 3 aromatic rings. The fourth-order valence-electron chi connectivity index (χ4n) is 4.34. The third-order valence-corrected chi connectivity index (χ3v) is 6.15. The Bertz CT molecular complexity index is 1040. The molecule has 0 aliphatic carbocycles. The number of H-pyrrole nitrogens is 1. The largest absolute Gasteiger partial charge is 0.497 e. The number of fused-ring (bicyclic) bond motifs is 1. The summed E-state index contributed by atoms with van der Waals surface area (Å²) in [6.07, 6.45) is 3.23. The SMILES string of the molecule is CCCCCN1C(=O)c2[nH]nc(-c3ccc(OC)cc3)c2C1c1ccc(C(C)C)cc1. The summed E-state index contributed by atoms with van der Waals surface area (Å²) in [6, 6.07) is 16.4. The second kappa shape index (κ2) is 8.96. The van der Waals surface area contributed by atoms with Crippen LogP contribution in [0.5, 0.6) is 5.75 Å². The average Bonchev–Trinajstić information content (AvgIpc) is 3.33. The summed E-state index contributed by atoms with van der Waals surface area (Å²) in [4.78, 5) is 15.3. The van der Waals surface area contributed by atoms with Gasteiger partial charge in [0.2, 0.25) is 0 Å². The molecular weight excluding hydrogens is 386 g/mol. The Balaban J connectivity index is 1.78. The van der Waals surface area contributed by atoms with Crippen LogP contribution in [0.1, 0.15) is 79.2 Å². The molecule has 0 saturated carbocycles. The van der Waals surface area contributed by atoms with Gasteiger partial charge in [0.1, 0.15) is 11.4 Å². The van der Waals surface area contributed by atoms with Gasteiger partial charge in [-0.2, -0.15) is 5.10 Å². The number of amides is 1. The quantitative estimate of drug-likeness (QED) is 0.461. The normalized spacial score (nSPS) is 15.6. The number of benzene rings is 2. The van der Waals surface area contributed by atoms with E-state index in [-0.39, 0.29) is 11.9 Å².